The van der Waals surface area contributed by atoms with E-state index in [9.17, 15) is 24.0 Å². The summed E-state index contributed by atoms with van der Waals surface area (Å²) >= 11 is 0. The van der Waals surface area contributed by atoms with Crippen molar-refractivity contribution in [3.8, 4) is 5.75 Å². The van der Waals surface area contributed by atoms with E-state index in [2.05, 4.69) is 31.8 Å². The van der Waals surface area contributed by atoms with Crippen molar-refractivity contribution in [2.24, 2.45) is 0 Å². The molecule has 0 fully saturated rings. The number of ether oxygens (including phenoxy) is 4. The predicted octanol–water partition coefficient (Wildman–Crippen LogP) is 1.58. The molecule has 0 aliphatic heterocycles. The average Bonchev–Trinajstić information content (AvgIpc) is 2.89. The largest absolute Gasteiger partial charge is 0.469 e. The zero-order valence-corrected chi connectivity index (χ0v) is 21.1. The first-order valence-corrected chi connectivity index (χ1v) is 11.5. The van der Waals surface area contributed by atoms with E-state index in [0.29, 0.717) is 12.1 Å². The standard InChI is InChI=1S/C25H34N2O9/c1-5-6-7-14-26-24(31)19(27-21(28)12-13-22(29)33-2)15-17-8-10-18(11-9-17)36-20(25(32)35-4)16-23(30)34-3/h8-11,16,19H,5-7,12-15H2,1-4H3,(H,26,31)(H,27,28)/b20-16+/t19-/m0/s1. The Kier molecular flexibility index (Phi) is 14.0. The van der Waals surface area contributed by atoms with Crippen molar-refractivity contribution in [1.29, 1.82) is 0 Å². The lowest BCUT2D eigenvalue weighted by atomic mass is 10.0. The molecule has 0 saturated heterocycles. The molecule has 1 aromatic rings. The molecule has 0 saturated carbocycles. The minimum Gasteiger partial charge on any atom is -0.469 e. The maximum Gasteiger partial charge on any atom is 0.374 e. The Morgan fingerprint density at radius 3 is 2.19 bits per heavy atom. The van der Waals surface area contributed by atoms with Gasteiger partial charge in [0.15, 0.2) is 0 Å². The van der Waals surface area contributed by atoms with Gasteiger partial charge in [-0.3, -0.25) is 14.4 Å². The number of rotatable bonds is 15. The van der Waals surface area contributed by atoms with E-state index in [1.165, 1.54) is 7.11 Å². The maximum atomic E-state index is 12.7. The molecule has 1 aromatic carbocycles. The number of benzene rings is 1. The van der Waals surface area contributed by atoms with Gasteiger partial charge in [0.1, 0.15) is 11.8 Å². The molecule has 11 heteroatoms. The highest BCUT2D eigenvalue weighted by atomic mass is 16.6. The number of hydrogen-bond acceptors (Lipinski definition) is 9. The number of amides is 2. The quantitative estimate of drug-likeness (QED) is 0.119. The molecule has 1 atom stereocenters. The van der Waals surface area contributed by atoms with Crippen molar-refractivity contribution in [3.05, 3.63) is 41.7 Å². The molecule has 198 valence electrons. The molecular weight excluding hydrogens is 472 g/mol. The van der Waals surface area contributed by atoms with Crippen molar-refractivity contribution in [2.45, 2.75) is 51.5 Å². The molecule has 0 aromatic heterocycles. The lowest BCUT2D eigenvalue weighted by Gasteiger charge is -2.19. The summed E-state index contributed by atoms with van der Waals surface area (Å²) in [6.45, 7) is 2.54. The molecule has 0 aliphatic carbocycles. The summed E-state index contributed by atoms with van der Waals surface area (Å²) < 4.78 is 19.1. The second-order valence-corrected chi connectivity index (χ2v) is 7.67. The lowest BCUT2D eigenvalue weighted by Crippen LogP contribution is -2.48. The van der Waals surface area contributed by atoms with E-state index in [0.717, 1.165) is 39.6 Å². The zero-order valence-electron chi connectivity index (χ0n) is 21.1. The van der Waals surface area contributed by atoms with Crippen LogP contribution >= 0.6 is 0 Å². The Bertz CT molecular complexity index is 926. The molecule has 2 amide bonds. The van der Waals surface area contributed by atoms with Crippen molar-refractivity contribution in [1.82, 2.24) is 10.6 Å². The summed E-state index contributed by atoms with van der Waals surface area (Å²) in [5.74, 6) is -3.09. The van der Waals surface area contributed by atoms with Crippen LogP contribution in [0.3, 0.4) is 0 Å². The van der Waals surface area contributed by atoms with Gasteiger partial charge in [0, 0.05) is 19.4 Å². The van der Waals surface area contributed by atoms with E-state index in [1.54, 1.807) is 24.3 Å². The first kappa shape index (κ1) is 30.1. The molecule has 11 nitrogen and oxygen atoms in total. The highest BCUT2D eigenvalue weighted by Gasteiger charge is 2.22. The highest BCUT2D eigenvalue weighted by molar-refractivity contribution is 5.95. The van der Waals surface area contributed by atoms with Crippen LogP contribution < -0.4 is 15.4 Å². The average molecular weight is 507 g/mol. The van der Waals surface area contributed by atoms with Crippen molar-refractivity contribution in [3.63, 3.8) is 0 Å². The van der Waals surface area contributed by atoms with E-state index >= 15 is 0 Å². The summed E-state index contributed by atoms with van der Waals surface area (Å²) in [4.78, 5) is 59.7. The molecule has 36 heavy (non-hydrogen) atoms. The maximum absolute atomic E-state index is 12.7. The topological polar surface area (TPSA) is 146 Å². The Balaban J connectivity index is 2.93. The van der Waals surface area contributed by atoms with Crippen LogP contribution in [0.2, 0.25) is 0 Å². The van der Waals surface area contributed by atoms with E-state index in [-0.39, 0.29) is 36.7 Å². The molecule has 2 N–H and O–H groups in total. The van der Waals surface area contributed by atoms with Gasteiger partial charge in [-0.05, 0) is 24.1 Å². The van der Waals surface area contributed by atoms with Crippen LogP contribution in [-0.2, 0) is 44.6 Å². The first-order valence-electron chi connectivity index (χ1n) is 11.5. The number of carbonyl (C=O) groups excluding carboxylic acids is 5. The second-order valence-electron chi connectivity index (χ2n) is 7.67. The van der Waals surface area contributed by atoms with Crippen molar-refractivity contribution < 1.29 is 42.9 Å². The van der Waals surface area contributed by atoms with Crippen LogP contribution in [0.1, 0.15) is 44.6 Å². The zero-order chi connectivity index (χ0) is 26.9. The van der Waals surface area contributed by atoms with Gasteiger partial charge < -0.3 is 29.6 Å². The fourth-order valence-electron chi connectivity index (χ4n) is 2.96. The molecule has 1 rings (SSSR count). The van der Waals surface area contributed by atoms with Gasteiger partial charge in [-0.25, -0.2) is 9.59 Å². The van der Waals surface area contributed by atoms with Crippen molar-refractivity contribution in [2.75, 3.05) is 27.9 Å². The smallest absolute Gasteiger partial charge is 0.374 e. The van der Waals surface area contributed by atoms with Crippen LogP contribution in [0.15, 0.2) is 36.1 Å². The van der Waals surface area contributed by atoms with E-state index < -0.39 is 29.9 Å². The summed E-state index contributed by atoms with van der Waals surface area (Å²) in [7, 11) is 3.54. The molecule has 0 bridgehead atoms. The number of nitrogens with one attached hydrogen (secondary N) is 2. The van der Waals surface area contributed by atoms with Crippen LogP contribution in [-0.4, -0.2) is 63.6 Å². The normalized spacial score (nSPS) is 11.6. The number of hydrogen-bond donors (Lipinski definition) is 2. The Hall–Kier alpha value is -3.89. The van der Waals surface area contributed by atoms with E-state index in [4.69, 9.17) is 4.74 Å². The molecule has 0 aliphatic rings. The van der Waals surface area contributed by atoms with Gasteiger partial charge in [0.2, 0.25) is 17.6 Å². The van der Waals surface area contributed by atoms with Crippen LogP contribution in [0.5, 0.6) is 5.75 Å². The molecule has 0 unspecified atom stereocenters. The summed E-state index contributed by atoms with van der Waals surface area (Å²) in [6.07, 6.45) is 3.62. The summed E-state index contributed by atoms with van der Waals surface area (Å²) in [6, 6.07) is 5.52. The Morgan fingerprint density at radius 2 is 1.61 bits per heavy atom. The summed E-state index contributed by atoms with van der Waals surface area (Å²) in [5, 5.41) is 5.50. The second kappa shape index (κ2) is 16.7. The van der Waals surface area contributed by atoms with Crippen molar-refractivity contribution >= 4 is 29.7 Å². The van der Waals surface area contributed by atoms with Gasteiger partial charge >= 0.3 is 17.9 Å². The molecule has 0 spiro atoms. The predicted molar refractivity (Wildman–Crippen MR) is 129 cm³/mol. The fourth-order valence-corrected chi connectivity index (χ4v) is 2.96. The number of carbonyl (C=O) groups is 5. The number of unbranched alkanes of at least 4 members (excludes halogenated alkanes) is 2. The Morgan fingerprint density at radius 1 is 0.917 bits per heavy atom. The Labute approximate surface area is 210 Å². The lowest BCUT2D eigenvalue weighted by molar-refractivity contribution is -0.142. The third kappa shape index (κ3) is 11.5. The third-order valence-corrected chi connectivity index (χ3v) is 4.94. The summed E-state index contributed by atoms with van der Waals surface area (Å²) in [5.41, 5.74) is 0.695. The van der Waals surface area contributed by atoms with Crippen LogP contribution in [0, 0.1) is 0 Å². The SMILES string of the molecule is CCCCCNC(=O)[C@H](Cc1ccc(O/C(=C/C(=O)OC)C(=O)OC)cc1)NC(=O)CCC(=O)OC. The number of methoxy groups -OCH3 is 3. The monoisotopic (exact) mass is 506 g/mol. The van der Waals surface area contributed by atoms with Gasteiger partial charge in [-0.1, -0.05) is 31.9 Å². The minimum absolute atomic E-state index is 0.0964. The first-order chi connectivity index (χ1) is 17.2. The molecule has 0 heterocycles. The number of esters is 3. The third-order valence-electron chi connectivity index (χ3n) is 4.94. The van der Waals surface area contributed by atoms with Gasteiger partial charge in [-0.15, -0.1) is 0 Å². The van der Waals surface area contributed by atoms with Crippen LogP contribution in [0.25, 0.3) is 0 Å². The fraction of sp³-hybridized carbons (Fsp3) is 0.480. The highest BCUT2D eigenvalue weighted by Crippen LogP contribution is 2.17. The molecule has 0 radical (unpaired) electrons. The van der Waals surface area contributed by atoms with Crippen LogP contribution in [0.4, 0.5) is 0 Å². The van der Waals surface area contributed by atoms with Gasteiger partial charge in [0.05, 0.1) is 33.8 Å². The van der Waals surface area contributed by atoms with E-state index in [1.807, 2.05) is 0 Å². The minimum atomic E-state index is -0.867. The molecular formula is C25H34N2O9. The van der Waals surface area contributed by atoms with Gasteiger partial charge in [-0.2, -0.15) is 0 Å². The van der Waals surface area contributed by atoms with Gasteiger partial charge in [0.25, 0.3) is 0 Å².